The van der Waals surface area contributed by atoms with Crippen LogP contribution in [0.15, 0.2) is 18.2 Å². The molecule has 1 aliphatic heterocycles. The van der Waals surface area contributed by atoms with Gasteiger partial charge in [0.25, 0.3) is 0 Å². The van der Waals surface area contributed by atoms with Crippen molar-refractivity contribution >= 4 is 5.82 Å². The van der Waals surface area contributed by atoms with E-state index in [1.165, 1.54) is 38.8 Å². The molecule has 0 radical (unpaired) electrons. The third kappa shape index (κ3) is 2.75. The summed E-state index contributed by atoms with van der Waals surface area (Å²) in [7, 11) is 0. The van der Waals surface area contributed by atoms with Crippen molar-refractivity contribution < 1.29 is 0 Å². The van der Waals surface area contributed by atoms with Crippen LogP contribution in [0.3, 0.4) is 0 Å². The van der Waals surface area contributed by atoms with Gasteiger partial charge in [0.1, 0.15) is 5.82 Å². The SMILES string of the molecule is CCC1CCCN(c2cccc(C)n2)CC1. The Hall–Kier alpha value is -1.05. The first-order chi connectivity index (χ1) is 7.79. The Morgan fingerprint density at radius 1 is 1.31 bits per heavy atom. The van der Waals surface area contributed by atoms with Crippen molar-refractivity contribution in [3.8, 4) is 0 Å². The van der Waals surface area contributed by atoms with E-state index >= 15 is 0 Å². The molecule has 0 aliphatic carbocycles. The maximum absolute atomic E-state index is 4.62. The van der Waals surface area contributed by atoms with Crippen LogP contribution in [0.4, 0.5) is 5.82 Å². The summed E-state index contributed by atoms with van der Waals surface area (Å²) in [5.41, 5.74) is 1.12. The molecule has 1 aromatic heterocycles. The summed E-state index contributed by atoms with van der Waals surface area (Å²) in [5.74, 6) is 2.09. The van der Waals surface area contributed by atoms with Gasteiger partial charge in [-0.2, -0.15) is 0 Å². The van der Waals surface area contributed by atoms with Crippen LogP contribution in [-0.4, -0.2) is 18.1 Å². The zero-order valence-corrected chi connectivity index (χ0v) is 10.4. The molecule has 1 unspecified atom stereocenters. The van der Waals surface area contributed by atoms with E-state index < -0.39 is 0 Å². The van der Waals surface area contributed by atoms with Crippen molar-refractivity contribution in [1.82, 2.24) is 4.98 Å². The van der Waals surface area contributed by atoms with Crippen LogP contribution in [0.5, 0.6) is 0 Å². The predicted octanol–water partition coefficient (Wildman–Crippen LogP) is 3.41. The lowest BCUT2D eigenvalue weighted by Gasteiger charge is -2.21. The molecule has 0 saturated carbocycles. The second-order valence-electron chi connectivity index (χ2n) is 4.83. The van der Waals surface area contributed by atoms with Gasteiger partial charge in [0.15, 0.2) is 0 Å². The number of pyridine rings is 1. The minimum absolute atomic E-state index is 0.926. The number of anilines is 1. The van der Waals surface area contributed by atoms with Gasteiger partial charge in [0, 0.05) is 18.8 Å². The highest BCUT2D eigenvalue weighted by Crippen LogP contribution is 2.23. The third-order valence-corrected chi connectivity index (χ3v) is 3.62. The third-order valence-electron chi connectivity index (χ3n) is 3.62. The van der Waals surface area contributed by atoms with Gasteiger partial charge in [-0.3, -0.25) is 0 Å². The molecule has 1 atom stereocenters. The smallest absolute Gasteiger partial charge is 0.128 e. The Bertz CT molecular complexity index is 335. The normalized spacial score (nSPS) is 21.9. The summed E-state index contributed by atoms with van der Waals surface area (Å²) in [6.45, 7) is 6.73. The van der Waals surface area contributed by atoms with Gasteiger partial charge >= 0.3 is 0 Å². The molecule has 0 spiro atoms. The summed E-state index contributed by atoms with van der Waals surface area (Å²) < 4.78 is 0. The minimum atomic E-state index is 0.926. The molecule has 2 rings (SSSR count). The first-order valence-electron chi connectivity index (χ1n) is 6.48. The Labute approximate surface area is 98.7 Å². The van der Waals surface area contributed by atoms with E-state index in [1.54, 1.807) is 0 Å². The Kier molecular flexibility index (Phi) is 3.81. The summed E-state index contributed by atoms with van der Waals surface area (Å²) in [4.78, 5) is 7.06. The van der Waals surface area contributed by atoms with Gasteiger partial charge in [-0.1, -0.05) is 19.4 Å². The number of nitrogens with zero attached hydrogens (tertiary/aromatic N) is 2. The Balaban J connectivity index is 2.04. The van der Waals surface area contributed by atoms with Gasteiger partial charge < -0.3 is 4.90 Å². The molecule has 88 valence electrons. The molecule has 16 heavy (non-hydrogen) atoms. The standard InChI is InChI=1S/C14H22N2/c1-3-13-7-5-10-16(11-9-13)14-8-4-6-12(2)15-14/h4,6,8,13H,3,5,7,9-11H2,1-2H3. The molecule has 2 nitrogen and oxygen atoms in total. The average molecular weight is 218 g/mol. The number of hydrogen-bond acceptors (Lipinski definition) is 2. The maximum atomic E-state index is 4.62. The fourth-order valence-electron chi connectivity index (χ4n) is 2.51. The highest BCUT2D eigenvalue weighted by molar-refractivity contribution is 5.39. The second-order valence-corrected chi connectivity index (χ2v) is 4.83. The van der Waals surface area contributed by atoms with Crippen LogP contribution in [0.25, 0.3) is 0 Å². The molecule has 1 aromatic rings. The molecule has 1 saturated heterocycles. The lowest BCUT2D eigenvalue weighted by molar-refractivity contribution is 0.459. The van der Waals surface area contributed by atoms with Gasteiger partial charge in [-0.05, 0) is 44.2 Å². The van der Waals surface area contributed by atoms with Gasteiger partial charge in [-0.25, -0.2) is 4.98 Å². The van der Waals surface area contributed by atoms with Crippen molar-refractivity contribution in [2.45, 2.75) is 39.5 Å². The monoisotopic (exact) mass is 218 g/mol. The summed E-state index contributed by atoms with van der Waals surface area (Å²) in [6.07, 6.45) is 5.36. The van der Waals surface area contributed by atoms with Gasteiger partial charge in [0.2, 0.25) is 0 Å². The summed E-state index contributed by atoms with van der Waals surface area (Å²) in [6, 6.07) is 6.31. The van der Waals surface area contributed by atoms with E-state index in [2.05, 4.69) is 41.9 Å². The largest absolute Gasteiger partial charge is 0.357 e. The average Bonchev–Trinajstić information content (AvgIpc) is 2.54. The predicted molar refractivity (Wildman–Crippen MR) is 68.8 cm³/mol. The van der Waals surface area contributed by atoms with E-state index in [-0.39, 0.29) is 0 Å². The molecule has 0 aromatic carbocycles. The molecule has 1 aliphatic rings. The van der Waals surface area contributed by atoms with Crippen molar-refractivity contribution in [3.05, 3.63) is 23.9 Å². The van der Waals surface area contributed by atoms with E-state index in [9.17, 15) is 0 Å². The first-order valence-corrected chi connectivity index (χ1v) is 6.48. The van der Waals surface area contributed by atoms with Gasteiger partial charge in [-0.15, -0.1) is 0 Å². The highest BCUT2D eigenvalue weighted by atomic mass is 15.2. The molecule has 1 fully saturated rings. The maximum Gasteiger partial charge on any atom is 0.128 e. The van der Waals surface area contributed by atoms with E-state index in [1.807, 2.05) is 0 Å². The highest BCUT2D eigenvalue weighted by Gasteiger charge is 2.16. The van der Waals surface area contributed by atoms with Crippen molar-refractivity contribution in [1.29, 1.82) is 0 Å². The number of hydrogen-bond donors (Lipinski definition) is 0. The number of rotatable bonds is 2. The van der Waals surface area contributed by atoms with E-state index in [0.29, 0.717) is 0 Å². The number of aromatic nitrogens is 1. The topological polar surface area (TPSA) is 16.1 Å². The van der Waals surface area contributed by atoms with Crippen LogP contribution >= 0.6 is 0 Å². The van der Waals surface area contributed by atoms with Crippen molar-refractivity contribution in [2.24, 2.45) is 5.92 Å². The number of aryl methyl sites for hydroxylation is 1. The zero-order valence-electron chi connectivity index (χ0n) is 10.4. The molecule has 2 heterocycles. The lowest BCUT2D eigenvalue weighted by atomic mass is 9.98. The molecule has 0 bridgehead atoms. The summed E-state index contributed by atoms with van der Waals surface area (Å²) >= 11 is 0. The molecule has 0 N–H and O–H groups in total. The molecule has 2 heteroatoms. The fourth-order valence-corrected chi connectivity index (χ4v) is 2.51. The van der Waals surface area contributed by atoms with Crippen LogP contribution in [-0.2, 0) is 0 Å². The van der Waals surface area contributed by atoms with Gasteiger partial charge in [0.05, 0.1) is 0 Å². The first kappa shape index (κ1) is 11.4. The second kappa shape index (κ2) is 5.33. The Morgan fingerprint density at radius 3 is 2.94 bits per heavy atom. The zero-order chi connectivity index (χ0) is 11.4. The van der Waals surface area contributed by atoms with E-state index in [4.69, 9.17) is 0 Å². The van der Waals surface area contributed by atoms with Crippen LogP contribution in [0, 0.1) is 12.8 Å². The van der Waals surface area contributed by atoms with E-state index in [0.717, 1.165) is 17.4 Å². The Morgan fingerprint density at radius 2 is 2.19 bits per heavy atom. The molecule has 0 amide bonds. The lowest BCUT2D eigenvalue weighted by Crippen LogP contribution is -2.25. The van der Waals surface area contributed by atoms with Crippen LogP contribution < -0.4 is 4.90 Å². The minimum Gasteiger partial charge on any atom is -0.357 e. The summed E-state index contributed by atoms with van der Waals surface area (Å²) in [5, 5.41) is 0. The molecular formula is C14H22N2. The van der Waals surface area contributed by atoms with Crippen molar-refractivity contribution in [3.63, 3.8) is 0 Å². The van der Waals surface area contributed by atoms with Crippen LogP contribution in [0.1, 0.15) is 38.3 Å². The molecular weight excluding hydrogens is 196 g/mol. The van der Waals surface area contributed by atoms with Crippen LogP contribution in [0.2, 0.25) is 0 Å². The quantitative estimate of drug-likeness (QED) is 0.756. The van der Waals surface area contributed by atoms with Crippen molar-refractivity contribution in [2.75, 3.05) is 18.0 Å². The fraction of sp³-hybridized carbons (Fsp3) is 0.643.